The van der Waals surface area contributed by atoms with Gasteiger partial charge in [0.25, 0.3) is 11.8 Å². The lowest BCUT2D eigenvalue weighted by atomic mass is 10.1. The molecule has 2 amide bonds. The Morgan fingerprint density at radius 1 is 0.750 bits per heavy atom. The molecule has 0 heterocycles. The highest BCUT2D eigenvalue weighted by molar-refractivity contribution is 6.37. The van der Waals surface area contributed by atoms with Gasteiger partial charge in [-0.2, -0.15) is 0 Å². The Labute approximate surface area is 169 Å². The number of halogens is 2. The zero-order valence-corrected chi connectivity index (χ0v) is 15.7. The molecule has 0 saturated heterocycles. The van der Waals surface area contributed by atoms with Crippen LogP contribution in [0.3, 0.4) is 0 Å². The first-order valence-corrected chi connectivity index (χ1v) is 8.75. The van der Waals surface area contributed by atoms with E-state index in [2.05, 4.69) is 10.6 Å². The number of amides is 2. The van der Waals surface area contributed by atoms with Crippen molar-refractivity contribution in [2.45, 2.75) is 0 Å². The molecule has 0 unspecified atom stereocenters. The van der Waals surface area contributed by atoms with Gasteiger partial charge >= 0.3 is 0 Å². The van der Waals surface area contributed by atoms with E-state index in [0.717, 1.165) is 12.2 Å². The molecule has 0 spiro atoms. The minimum absolute atomic E-state index is 0.0966. The lowest BCUT2D eigenvalue weighted by Crippen LogP contribution is -2.34. The quantitative estimate of drug-likeness (QED) is 0.751. The van der Waals surface area contributed by atoms with Gasteiger partial charge in [-0.25, -0.2) is 0 Å². The second kappa shape index (κ2) is 8.21. The van der Waals surface area contributed by atoms with Crippen molar-refractivity contribution in [3.8, 4) is 0 Å². The van der Waals surface area contributed by atoms with Crippen molar-refractivity contribution in [3.05, 3.63) is 93.2 Å². The molecule has 0 aliphatic heterocycles. The lowest BCUT2D eigenvalue weighted by molar-refractivity contribution is -0.115. The maximum Gasteiger partial charge on any atom is 0.257 e. The predicted molar refractivity (Wildman–Crippen MR) is 104 cm³/mol. The first-order chi connectivity index (χ1) is 13.3. The molecular formula is C20H12Cl2N2O4. The van der Waals surface area contributed by atoms with Crippen molar-refractivity contribution in [2.75, 3.05) is 0 Å². The van der Waals surface area contributed by atoms with Crippen LogP contribution < -0.4 is 10.6 Å². The van der Waals surface area contributed by atoms with E-state index in [9.17, 15) is 19.2 Å². The first-order valence-electron chi connectivity index (χ1n) is 8.00. The van der Waals surface area contributed by atoms with Gasteiger partial charge in [0.05, 0.1) is 22.0 Å². The normalized spacial score (nSPS) is 13.5. The van der Waals surface area contributed by atoms with E-state index in [1.54, 1.807) is 30.3 Å². The molecule has 0 saturated carbocycles. The lowest BCUT2D eigenvalue weighted by Gasteiger charge is -2.14. The van der Waals surface area contributed by atoms with E-state index in [1.165, 1.54) is 18.2 Å². The van der Waals surface area contributed by atoms with Crippen molar-refractivity contribution in [3.63, 3.8) is 0 Å². The summed E-state index contributed by atoms with van der Waals surface area (Å²) in [5.41, 5.74) is 0.0311. The van der Waals surface area contributed by atoms with E-state index in [4.69, 9.17) is 23.2 Å². The molecule has 8 heteroatoms. The van der Waals surface area contributed by atoms with Gasteiger partial charge in [-0.05, 0) is 30.3 Å². The van der Waals surface area contributed by atoms with E-state index < -0.39 is 23.4 Å². The Hall–Kier alpha value is -3.22. The number of carbonyl (C=O) groups excluding carboxylic acids is 4. The number of benzene rings is 2. The molecule has 1 aliphatic carbocycles. The maximum atomic E-state index is 12.3. The monoisotopic (exact) mass is 414 g/mol. The largest absolute Gasteiger partial charge is 0.319 e. The molecule has 6 nitrogen and oxygen atoms in total. The Kier molecular flexibility index (Phi) is 5.73. The molecule has 0 radical (unpaired) electrons. The molecule has 3 rings (SSSR count). The third-order valence-electron chi connectivity index (χ3n) is 3.79. The average Bonchev–Trinajstić information content (AvgIpc) is 2.66. The summed E-state index contributed by atoms with van der Waals surface area (Å²) < 4.78 is 0. The zero-order valence-electron chi connectivity index (χ0n) is 14.2. The summed E-state index contributed by atoms with van der Waals surface area (Å²) in [5.74, 6) is -2.45. The van der Waals surface area contributed by atoms with Gasteiger partial charge in [-0.1, -0.05) is 41.4 Å². The number of carbonyl (C=O) groups is 4. The van der Waals surface area contributed by atoms with E-state index in [1.807, 2.05) is 0 Å². The van der Waals surface area contributed by atoms with Gasteiger partial charge < -0.3 is 10.6 Å². The Balaban J connectivity index is 1.72. The number of nitrogens with one attached hydrogen (secondary N) is 2. The fourth-order valence-corrected chi connectivity index (χ4v) is 2.90. The molecule has 0 atom stereocenters. The third-order valence-corrected chi connectivity index (χ3v) is 4.34. The van der Waals surface area contributed by atoms with Crippen molar-refractivity contribution in [2.24, 2.45) is 0 Å². The first kappa shape index (κ1) is 19.5. The van der Waals surface area contributed by atoms with Gasteiger partial charge in [-0.3, -0.25) is 19.2 Å². The third kappa shape index (κ3) is 4.36. The van der Waals surface area contributed by atoms with Crippen LogP contribution >= 0.6 is 23.2 Å². The summed E-state index contributed by atoms with van der Waals surface area (Å²) in [7, 11) is 0. The average molecular weight is 415 g/mol. The van der Waals surface area contributed by atoms with Gasteiger partial charge in [0.15, 0.2) is 0 Å². The topological polar surface area (TPSA) is 92.3 Å². The minimum atomic E-state index is -0.667. The van der Waals surface area contributed by atoms with E-state index in [0.29, 0.717) is 10.6 Å². The molecule has 0 fully saturated rings. The van der Waals surface area contributed by atoms with Gasteiger partial charge in [0.1, 0.15) is 0 Å². The molecule has 2 N–H and O–H groups in total. The van der Waals surface area contributed by atoms with Crippen molar-refractivity contribution >= 4 is 46.6 Å². The van der Waals surface area contributed by atoms with Crippen molar-refractivity contribution < 1.29 is 19.2 Å². The smallest absolute Gasteiger partial charge is 0.257 e. The van der Waals surface area contributed by atoms with Crippen LogP contribution in [0.25, 0.3) is 0 Å². The Morgan fingerprint density at radius 3 is 1.89 bits per heavy atom. The molecule has 1 aliphatic rings. The molecule has 0 bridgehead atoms. The van der Waals surface area contributed by atoms with Crippen LogP contribution in [0.1, 0.15) is 20.7 Å². The minimum Gasteiger partial charge on any atom is -0.319 e. The highest BCUT2D eigenvalue weighted by Gasteiger charge is 2.24. The van der Waals surface area contributed by atoms with Crippen LogP contribution in [-0.4, -0.2) is 23.4 Å². The second-order valence-corrected chi connectivity index (χ2v) is 6.59. The summed E-state index contributed by atoms with van der Waals surface area (Å²) in [6.07, 6.45) is 1.91. The SMILES string of the molecule is O=C1C=C(NC(=O)c2ccc(Cl)cc2Cl)C(=O)C=C1NC(=O)c1ccccc1. The summed E-state index contributed by atoms with van der Waals surface area (Å²) in [6.45, 7) is 0. The summed E-state index contributed by atoms with van der Waals surface area (Å²) in [5, 5.41) is 5.20. The van der Waals surface area contributed by atoms with Crippen LogP contribution in [0.15, 0.2) is 72.1 Å². The fraction of sp³-hybridized carbons (Fsp3) is 0. The predicted octanol–water partition coefficient (Wildman–Crippen LogP) is 3.07. The molecule has 2 aromatic carbocycles. The Bertz CT molecular complexity index is 1060. The van der Waals surface area contributed by atoms with E-state index >= 15 is 0 Å². The van der Waals surface area contributed by atoms with Crippen LogP contribution in [0.4, 0.5) is 0 Å². The number of hydrogen-bond donors (Lipinski definition) is 2. The molecule has 0 aromatic heterocycles. The van der Waals surface area contributed by atoms with Gasteiger partial charge in [0, 0.05) is 22.7 Å². The van der Waals surface area contributed by atoms with Crippen LogP contribution in [0, 0.1) is 0 Å². The van der Waals surface area contributed by atoms with E-state index in [-0.39, 0.29) is 22.0 Å². The number of hydrogen-bond acceptors (Lipinski definition) is 4. The summed E-state index contributed by atoms with van der Waals surface area (Å²) >= 11 is 11.8. The van der Waals surface area contributed by atoms with Crippen LogP contribution in [0.5, 0.6) is 0 Å². The van der Waals surface area contributed by atoms with Crippen LogP contribution in [0.2, 0.25) is 10.0 Å². The zero-order chi connectivity index (χ0) is 20.3. The molecule has 28 heavy (non-hydrogen) atoms. The molecule has 2 aromatic rings. The molecular weight excluding hydrogens is 403 g/mol. The summed E-state index contributed by atoms with van der Waals surface area (Å²) in [4.78, 5) is 48.9. The number of ketones is 2. The second-order valence-electron chi connectivity index (χ2n) is 5.74. The highest BCUT2D eigenvalue weighted by atomic mass is 35.5. The highest BCUT2D eigenvalue weighted by Crippen LogP contribution is 2.21. The Morgan fingerprint density at radius 2 is 1.32 bits per heavy atom. The number of allylic oxidation sites excluding steroid dienone is 2. The van der Waals surface area contributed by atoms with Crippen LogP contribution in [-0.2, 0) is 9.59 Å². The van der Waals surface area contributed by atoms with Gasteiger partial charge in [-0.15, -0.1) is 0 Å². The number of rotatable bonds is 4. The molecule has 140 valence electrons. The van der Waals surface area contributed by atoms with Gasteiger partial charge in [0.2, 0.25) is 11.6 Å². The maximum absolute atomic E-state index is 12.3. The summed E-state index contributed by atoms with van der Waals surface area (Å²) in [6, 6.07) is 12.5. The fourth-order valence-electron chi connectivity index (χ4n) is 2.40. The standard InChI is InChI=1S/C20H12Cl2N2O4/c21-12-6-7-13(14(22)8-12)20(28)24-16-10-17(25)15(9-18(16)26)23-19(27)11-4-2-1-3-5-11/h1-10H,(H,23,27)(H,24,28). The van der Waals surface area contributed by atoms with Crippen molar-refractivity contribution in [1.82, 2.24) is 10.6 Å². The van der Waals surface area contributed by atoms with Crippen molar-refractivity contribution in [1.29, 1.82) is 0 Å².